The van der Waals surface area contributed by atoms with Crippen molar-refractivity contribution >= 4 is 31.3 Å². The lowest BCUT2D eigenvalue weighted by molar-refractivity contribution is 0.348. The van der Waals surface area contributed by atoms with E-state index in [2.05, 4.69) is 31.3 Å². The maximum Gasteiger partial charge on any atom is 0.236 e. The highest BCUT2D eigenvalue weighted by atomic mass is 31.0. The molecule has 0 amide bonds. The lowest BCUT2D eigenvalue weighted by Gasteiger charge is -2.06. The molecule has 0 bridgehead atoms. The van der Waals surface area contributed by atoms with Crippen LogP contribution in [0.5, 0.6) is 0 Å². The number of pyridine rings is 1. The van der Waals surface area contributed by atoms with E-state index in [0.717, 1.165) is 28.4 Å². The fraction of sp³-hybridized carbons (Fsp3) is 0.167. The molecule has 1 aliphatic heterocycles. The van der Waals surface area contributed by atoms with Gasteiger partial charge in [-0.1, -0.05) is 18.2 Å². The van der Waals surface area contributed by atoms with E-state index in [-0.39, 0.29) is 0 Å². The minimum atomic E-state index is 0.661. The van der Waals surface area contributed by atoms with Gasteiger partial charge in [-0.05, 0) is 12.1 Å². The second kappa shape index (κ2) is 3.84. The first-order valence-corrected chi connectivity index (χ1v) is 5.75. The van der Waals surface area contributed by atoms with Crippen molar-refractivity contribution in [2.24, 2.45) is 4.99 Å². The fourth-order valence-electron chi connectivity index (χ4n) is 1.78. The molecular weight excluding hydrogens is 219 g/mol. The van der Waals surface area contributed by atoms with E-state index in [0.29, 0.717) is 12.5 Å². The third-order valence-electron chi connectivity index (χ3n) is 2.54. The molecule has 3 nitrogen and oxygen atoms in total. The van der Waals surface area contributed by atoms with Crippen LogP contribution in [-0.2, 0) is 4.74 Å². The monoisotopic (exact) mass is 230 g/mol. The van der Waals surface area contributed by atoms with Gasteiger partial charge in [-0.15, -0.1) is 9.24 Å². The Morgan fingerprint density at radius 3 is 2.94 bits per heavy atom. The average Bonchev–Trinajstić information content (AvgIpc) is 2.81. The molecule has 0 saturated heterocycles. The summed E-state index contributed by atoms with van der Waals surface area (Å²) in [4.78, 5) is 8.87. The molecule has 0 aliphatic carbocycles. The summed E-state index contributed by atoms with van der Waals surface area (Å²) < 4.78 is 5.44. The lowest BCUT2D eigenvalue weighted by Crippen LogP contribution is -2.14. The molecule has 16 heavy (non-hydrogen) atoms. The van der Waals surface area contributed by atoms with Crippen molar-refractivity contribution in [3.63, 3.8) is 0 Å². The van der Waals surface area contributed by atoms with E-state index in [1.54, 1.807) is 0 Å². The molecule has 0 spiro atoms. The number of aliphatic imine (C=N–C) groups is 1. The van der Waals surface area contributed by atoms with E-state index < -0.39 is 0 Å². The summed E-state index contributed by atoms with van der Waals surface area (Å²) in [6, 6.07) is 10.1. The number of nitrogens with zero attached hydrogens (tertiary/aromatic N) is 2. The van der Waals surface area contributed by atoms with E-state index in [9.17, 15) is 0 Å². The maximum atomic E-state index is 5.44. The van der Waals surface area contributed by atoms with Gasteiger partial charge in [0.25, 0.3) is 0 Å². The molecule has 0 fully saturated rings. The first kappa shape index (κ1) is 9.73. The van der Waals surface area contributed by atoms with Crippen molar-refractivity contribution in [1.82, 2.24) is 4.98 Å². The van der Waals surface area contributed by atoms with Crippen LogP contribution in [0.2, 0.25) is 0 Å². The highest BCUT2D eigenvalue weighted by Crippen LogP contribution is 2.14. The number of benzene rings is 1. The first-order chi connectivity index (χ1) is 7.84. The number of ether oxygens (including phenoxy) is 1. The molecule has 0 N–H and O–H groups in total. The summed E-state index contributed by atoms with van der Waals surface area (Å²) in [5.74, 6) is 0.663. The second-order valence-corrected chi connectivity index (χ2v) is 4.28. The van der Waals surface area contributed by atoms with Crippen LogP contribution in [0.4, 0.5) is 0 Å². The number of fused-ring (bicyclic) bond motifs is 1. The molecule has 3 rings (SSSR count). The van der Waals surface area contributed by atoms with Gasteiger partial charge in [-0.3, -0.25) is 0 Å². The summed E-state index contributed by atoms with van der Waals surface area (Å²) in [5, 5.41) is 2.16. The standard InChI is InChI=1S/C12H11N2OP/c16-10-7-8-3-1-2-4-9(8)14-11(10)12-13-5-6-15-12/h1-4,7H,5-6,16H2. The predicted molar refractivity (Wildman–Crippen MR) is 68.4 cm³/mol. The number of para-hydroxylation sites is 1. The first-order valence-electron chi connectivity index (χ1n) is 5.17. The SMILES string of the molecule is Pc1cc2ccccc2nc1C1=NCCO1. The second-order valence-electron chi connectivity index (χ2n) is 3.65. The Morgan fingerprint density at radius 1 is 1.25 bits per heavy atom. The van der Waals surface area contributed by atoms with Gasteiger partial charge < -0.3 is 4.74 Å². The van der Waals surface area contributed by atoms with Crippen LogP contribution in [0.15, 0.2) is 35.3 Å². The number of hydrogen-bond acceptors (Lipinski definition) is 3. The maximum absolute atomic E-state index is 5.44. The Kier molecular flexibility index (Phi) is 2.33. The van der Waals surface area contributed by atoms with Crippen molar-refractivity contribution in [3.8, 4) is 0 Å². The Bertz CT molecular complexity index is 580. The summed E-state index contributed by atoms with van der Waals surface area (Å²) in [6.45, 7) is 1.39. The molecule has 2 heterocycles. The lowest BCUT2D eigenvalue weighted by atomic mass is 10.2. The largest absolute Gasteiger partial charge is 0.474 e. The fourth-order valence-corrected chi connectivity index (χ4v) is 2.15. The zero-order valence-corrected chi connectivity index (χ0v) is 9.84. The van der Waals surface area contributed by atoms with Crippen molar-refractivity contribution in [1.29, 1.82) is 0 Å². The van der Waals surface area contributed by atoms with Crippen LogP contribution in [0, 0.1) is 0 Å². The van der Waals surface area contributed by atoms with Gasteiger partial charge in [0.05, 0.1) is 12.1 Å². The zero-order chi connectivity index (χ0) is 11.0. The van der Waals surface area contributed by atoms with Gasteiger partial charge in [-0.25, -0.2) is 9.98 Å². The van der Waals surface area contributed by atoms with Crippen molar-refractivity contribution < 1.29 is 4.74 Å². The summed E-state index contributed by atoms with van der Waals surface area (Å²) in [5.41, 5.74) is 1.81. The van der Waals surface area contributed by atoms with Crippen LogP contribution in [0.1, 0.15) is 5.69 Å². The Balaban J connectivity index is 2.21. The van der Waals surface area contributed by atoms with E-state index >= 15 is 0 Å². The summed E-state index contributed by atoms with van der Waals surface area (Å²) in [7, 11) is 2.69. The molecule has 80 valence electrons. The molecule has 4 heteroatoms. The van der Waals surface area contributed by atoms with E-state index in [4.69, 9.17) is 4.74 Å². The number of rotatable bonds is 1. The quantitative estimate of drug-likeness (QED) is 0.696. The van der Waals surface area contributed by atoms with Crippen molar-refractivity contribution in [3.05, 3.63) is 36.0 Å². The third-order valence-corrected chi connectivity index (χ3v) is 2.98. The van der Waals surface area contributed by atoms with Gasteiger partial charge in [-0.2, -0.15) is 0 Å². The third kappa shape index (κ3) is 1.57. The van der Waals surface area contributed by atoms with E-state index in [1.165, 1.54) is 0 Å². The molecule has 1 aliphatic rings. The molecule has 1 aromatic carbocycles. The zero-order valence-electron chi connectivity index (χ0n) is 8.68. The van der Waals surface area contributed by atoms with Crippen LogP contribution < -0.4 is 5.30 Å². The molecule has 1 aromatic heterocycles. The Hall–Kier alpha value is -1.47. The van der Waals surface area contributed by atoms with Gasteiger partial charge in [0, 0.05) is 10.7 Å². The minimum Gasteiger partial charge on any atom is -0.474 e. The normalized spacial score (nSPS) is 14.9. The van der Waals surface area contributed by atoms with Gasteiger partial charge >= 0.3 is 0 Å². The molecular formula is C12H11N2OP. The summed E-state index contributed by atoms with van der Waals surface area (Å²) >= 11 is 0. The molecule has 1 unspecified atom stereocenters. The van der Waals surface area contributed by atoms with Gasteiger partial charge in [0.15, 0.2) is 0 Å². The van der Waals surface area contributed by atoms with Crippen LogP contribution in [0.3, 0.4) is 0 Å². The predicted octanol–water partition coefficient (Wildman–Crippen LogP) is 1.51. The summed E-state index contributed by atoms with van der Waals surface area (Å²) in [6.07, 6.45) is 0. The smallest absolute Gasteiger partial charge is 0.236 e. The average molecular weight is 230 g/mol. The molecule has 1 atom stereocenters. The van der Waals surface area contributed by atoms with E-state index in [1.807, 2.05) is 18.2 Å². The Morgan fingerprint density at radius 2 is 2.12 bits per heavy atom. The van der Waals surface area contributed by atoms with Crippen LogP contribution in [-0.4, -0.2) is 24.0 Å². The van der Waals surface area contributed by atoms with Crippen LogP contribution in [0.25, 0.3) is 10.9 Å². The van der Waals surface area contributed by atoms with Crippen LogP contribution >= 0.6 is 9.24 Å². The highest BCUT2D eigenvalue weighted by molar-refractivity contribution is 7.27. The number of hydrogen-bond donors (Lipinski definition) is 0. The highest BCUT2D eigenvalue weighted by Gasteiger charge is 2.15. The topological polar surface area (TPSA) is 34.5 Å². The van der Waals surface area contributed by atoms with Gasteiger partial charge in [0.1, 0.15) is 12.3 Å². The van der Waals surface area contributed by atoms with Gasteiger partial charge in [0.2, 0.25) is 5.90 Å². The van der Waals surface area contributed by atoms with Crippen molar-refractivity contribution in [2.45, 2.75) is 0 Å². The van der Waals surface area contributed by atoms with Crippen molar-refractivity contribution in [2.75, 3.05) is 13.2 Å². The minimum absolute atomic E-state index is 0.661. The molecule has 2 aromatic rings. The molecule has 0 radical (unpaired) electrons. The Labute approximate surface area is 95.8 Å². The molecule has 0 saturated carbocycles. The number of aromatic nitrogens is 1.